The molecule has 112 valence electrons. The van der Waals surface area contributed by atoms with Gasteiger partial charge in [-0.05, 0) is 37.6 Å². The summed E-state index contributed by atoms with van der Waals surface area (Å²) in [6, 6.07) is 6.83. The number of aliphatic hydroxyl groups excluding tert-OH is 1. The molecular weight excluding hydrogens is 255 g/mol. The van der Waals surface area contributed by atoms with Crippen molar-refractivity contribution in [2.24, 2.45) is 0 Å². The maximum atomic E-state index is 13.1. The normalized spacial score (nSPS) is 22.9. The number of nitrogens with zero attached hydrogens (tertiary/aromatic N) is 2. The van der Waals surface area contributed by atoms with Gasteiger partial charge in [0.2, 0.25) is 0 Å². The first-order valence-corrected chi connectivity index (χ1v) is 7.50. The van der Waals surface area contributed by atoms with E-state index in [0.717, 1.165) is 32.7 Å². The fraction of sp³-hybridized carbons (Fsp3) is 0.625. The Morgan fingerprint density at radius 3 is 2.85 bits per heavy atom. The second-order valence-corrected chi connectivity index (χ2v) is 5.64. The summed E-state index contributed by atoms with van der Waals surface area (Å²) in [5, 5.41) is 10.1. The monoisotopic (exact) mass is 280 g/mol. The van der Waals surface area contributed by atoms with Gasteiger partial charge in [0.15, 0.2) is 0 Å². The molecule has 1 aromatic rings. The summed E-state index contributed by atoms with van der Waals surface area (Å²) in [7, 11) is 0. The van der Waals surface area contributed by atoms with Crippen LogP contribution in [0.4, 0.5) is 4.39 Å². The van der Waals surface area contributed by atoms with E-state index in [1.165, 1.54) is 12.1 Å². The quantitative estimate of drug-likeness (QED) is 0.896. The Morgan fingerprint density at radius 1 is 1.40 bits per heavy atom. The highest BCUT2D eigenvalue weighted by atomic mass is 19.1. The highest BCUT2D eigenvalue weighted by Crippen LogP contribution is 2.19. The summed E-state index contributed by atoms with van der Waals surface area (Å²) in [5.74, 6) is -0.285. The van der Waals surface area contributed by atoms with Crippen molar-refractivity contribution >= 4 is 0 Å². The van der Waals surface area contributed by atoms with Crippen molar-refractivity contribution in [3.63, 3.8) is 0 Å². The van der Waals surface area contributed by atoms with Gasteiger partial charge < -0.3 is 10.0 Å². The number of hydrogen-bond donors (Lipinski definition) is 1. The zero-order valence-electron chi connectivity index (χ0n) is 12.4. The van der Waals surface area contributed by atoms with Crippen molar-refractivity contribution in [2.45, 2.75) is 32.4 Å². The van der Waals surface area contributed by atoms with Crippen molar-refractivity contribution in [2.75, 3.05) is 32.7 Å². The zero-order valence-corrected chi connectivity index (χ0v) is 12.4. The molecule has 2 rings (SSSR count). The zero-order chi connectivity index (χ0) is 14.5. The molecule has 2 unspecified atom stereocenters. The number of rotatable bonds is 5. The molecule has 1 aromatic carbocycles. The number of aliphatic hydroxyl groups is 1. The van der Waals surface area contributed by atoms with E-state index in [-0.39, 0.29) is 5.82 Å². The lowest BCUT2D eigenvalue weighted by Crippen LogP contribution is -2.51. The summed E-state index contributed by atoms with van der Waals surface area (Å²) >= 11 is 0. The Labute approximate surface area is 121 Å². The van der Waals surface area contributed by atoms with E-state index in [1.807, 2.05) is 0 Å². The highest BCUT2D eigenvalue weighted by Gasteiger charge is 2.22. The molecule has 0 radical (unpaired) electrons. The van der Waals surface area contributed by atoms with Gasteiger partial charge in [-0.2, -0.15) is 0 Å². The van der Waals surface area contributed by atoms with Crippen LogP contribution >= 0.6 is 0 Å². The Morgan fingerprint density at radius 2 is 2.20 bits per heavy atom. The smallest absolute Gasteiger partial charge is 0.123 e. The minimum atomic E-state index is -0.579. The summed E-state index contributed by atoms with van der Waals surface area (Å²) in [5.41, 5.74) is 0.672. The molecule has 4 heteroatoms. The van der Waals surface area contributed by atoms with Crippen LogP contribution in [0.5, 0.6) is 0 Å². The van der Waals surface area contributed by atoms with Crippen LogP contribution in [0.1, 0.15) is 31.9 Å². The van der Waals surface area contributed by atoms with Crippen molar-refractivity contribution in [3.8, 4) is 0 Å². The van der Waals surface area contributed by atoms with Crippen molar-refractivity contribution in [1.82, 2.24) is 9.80 Å². The second kappa shape index (κ2) is 7.16. The summed E-state index contributed by atoms with van der Waals surface area (Å²) in [4.78, 5) is 4.86. The van der Waals surface area contributed by atoms with Crippen LogP contribution in [0.15, 0.2) is 24.3 Å². The van der Waals surface area contributed by atoms with Gasteiger partial charge in [-0.25, -0.2) is 4.39 Å². The van der Waals surface area contributed by atoms with Crippen LogP contribution in [-0.4, -0.2) is 53.7 Å². The minimum Gasteiger partial charge on any atom is -0.388 e. The van der Waals surface area contributed by atoms with Crippen LogP contribution in [-0.2, 0) is 0 Å². The van der Waals surface area contributed by atoms with Crippen molar-refractivity contribution < 1.29 is 9.50 Å². The molecule has 1 saturated heterocycles. The van der Waals surface area contributed by atoms with E-state index >= 15 is 0 Å². The van der Waals surface area contributed by atoms with Crippen LogP contribution in [0.25, 0.3) is 0 Å². The number of halogens is 1. The highest BCUT2D eigenvalue weighted by molar-refractivity contribution is 5.18. The standard InChI is InChI=1S/C16H25FN2O/c1-3-19-10-9-18(12-13(19)2)8-7-16(20)14-5-4-6-15(17)11-14/h4-6,11,13,16,20H,3,7-10,12H2,1-2H3. The molecule has 1 aliphatic rings. The lowest BCUT2D eigenvalue weighted by Gasteiger charge is -2.39. The molecule has 0 aromatic heterocycles. The van der Waals surface area contributed by atoms with Gasteiger partial charge >= 0.3 is 0 Å². The van der Waals surface area contributed by atoms with Gasteiger partial charge in [0.25, 0.3) is 0 Å². The predicted octanol–water partition coefficient (Wildman–Crippen LogP) is 2.28. The topological polar surface area (TPSA) is 26.7 Å². The fourth-order valence-corrected chi connectivity index (χ4v) is 2.93. The molecule has 0 amide bonds. The van der Waals surface area contributed by atoms with E-state index < -0.39 is 6.10 Å². The lowest BCUT2D eigenvalue weighted by atomic mass is 10.1. The molecule has 1 aliphatic heterocycles. The van der Waals surface area contributed by atoms with Gasteiger partial charge in [-0.15, -0.1) is 0 Å². The van der Waals surface area contributed by atoms with Gasteiger partial charge in [-0.3, -0.25) is 4.90 Å². The molecule has 1 fully saturated rings. The molecule has 20 heavy (non-hydrogen) atoms. The number of benzene rings is 1. The Bertz CT molecular complexity index is 427. The molecule has 0 spiro atoms. The first-order chi connectivity index (χ1) is 9.60. The Hall–Kier alpha value is -0.970. The molecule has 1 heterocycles. The van der Waals surface area contributed by atoms with Crippen molar-refractivity contribution in [3.05, 3.63) is 35.6 Å². The van der Waals surface area contributed by atoms with E-state index in [0.29, 0.717) is 18.0 Å². The number of hydrogen-bond acceptors (Lipinski definition) is 3. The van der Waals surface area contributed by atoms with Crippen LogP contribution in [0.3, 0.4) is 0 Å². The molecule has 3 nitrogen and oxygen atoms in total. The third-order valence-electron chi connectivity index (χ3n) is 4.21. The van der Waals surface area contributed by atoms with Gasteiger partial charge in [0, 0.05) is 32.2 Å². The largest absolute Gasteiger partial charge is 0.388 e. The Balaban J connectivity index is 1.81. The molecule has 0 aliphatic carbocycles. The summed E-state index contributed by atoms with van der Waals surface area (Å²) < 4.78 is 13.1. The average Bonchev–Trinajstić information content (AvgIpc) is 2.45. The van der Waals surface area contributed by atoms with Crippen molar-refractivity contribution in [1.29, 1.82) is 0 Å². The minimum absolute atomic E-state index is 0.285. The average molecular weight is 280 g/mol. The number of piperazine rings is 1. The number of likely N-dealkylation sites (N-methyl/N-ethyl adjacent to an activating group) is 1. The third-order valence-corrected chi connectivity index (χ3v) is 4.21. The van der Waals surface area contributed by atoms with Crippen LogP contribution in [0, 0.1) is 5.82 Å². The van der Waals surface area contributed by atoms with E-state index in [4.69, 9.17) is 0 Å². The summed E-state index contributed by atoms with van der Waals surface area (Å²) in [6.07, 6.45) is 0.0765. The van der Waals surface area contributed by atoms with E-state index in [9.17, 15) is 9.50 Å². The Kier molecular flexibility index (Phi) is 5.52. The predicted molar refractivity (Wildman–Crippen MR) is 79.1 cm³/mol. The summed E-state index contributed by atoms with van der Waals surface area (Å²) in [6.45, 7) is 9.59. The first kappa shape index (κ1) is 15.4. The van der Waals surface area contributed by atoms with Gasteiger partial charge in [-0.1, -0.05) is 19.1 Å². The SMILES string of the molecule is CCN1CCN(CCC(O)c2cccc(F)c2)CC1C. The molecule has 1 N–H and O–H groups in total. The maximum Gasteiger partial charge on any atom is 0.123 e. The van der Waals surface area contributed by atoms with Gasteiger partial charge in [0.1, 0.15) is 5.82 Å². The van der Waals surface area contributed by atoms with Crippen LogP contribution < -0.4 is 0 Å². The first-order valence-electron chi connectivity index (χ1n) is 7.50. The maximum absolute atomic E-state index is 13.1. The second-order valence-electron chi connectivity index (χ2n) is 5.64. The lowest BCUT2D eigenvalue weighted by molar-refractivity contribution is 0.0718. The fourth-order valence-electron chi connectivity index (χ4n) is 2.93. The van der Waals surface area contributed by atoms with E-state index in [2.05, 4.69) is 23.6 Å². The van der Waals surface area contributed by atoms with Gasteiger partial charge in [0.05, 0.1) is 6.10 Å². The molecule has 2 atom stereocenters. The molecular formula is C16H25FN2O. The van der Waals surface area contributed by atoms with Crippen LogP contribution in [0.2, 0.25) is 0 Å². The third kappa shape index (κ3) is 4.01. The molecule has 0 bridgehead atoms. The van der Waals surface area contributed by atoms with E-state index in [1.54, 1.807) is 12.1 Å². The molecule has 0 saturated carbocycles.